The van der Waals surface area contributed by atoms with Crippen LogP contribution in [0.1, 0.15) is 12.5 Å². The molecule has 0 aliphatic carbocycles. The van der Waals surface area contributed by atoms with Crippen LogP contribution in [-0.4, -0.2) is 17.4 Å². The number of nitro groups is 1. The van der Waals surface area contributed by atoms with Crippen LogP contribution in [0.5, 0.6) is 5.75 Å². The zero-order valence-electron chi connectivity index (χ0n) is 12.1. The fourth-order valence-electron chi connectivity index (χ4n) is 1.86. The highest BCUT2D eigenvalue weighted by molar-refractivity contribution is 5.92. The number of nitro benzene ring substituents is 1. The van der Waals surface area contributed by atoms with Gasteiger partial charge in [0.25, 0.3) is 11.6 Å². The Kier molecular flexibility index (Phi) is 5.08. The Morgan fingerprint density at radius 3 is 2.59 bits per heavy atom. The molecule has 22 heavy (non-hydrogen) atoms. The van der Waals surface area contributed by atoms with E-state index in [4.69, 9.17) is 4.74 Å². The van der Waals surface area contributed by atoms with Gasteiger partial charge in [-0.25, -0.2) is 0 Å². The Morgan fingerprint density at radius 1 is 1.23 bits per heavy atom. The third kappa shape index (κ3) is 4.31. The second kappa shape index (κ2) is 7.21. The number of hydrogen-bond acceptors (Lipinski definition) is 4. The van der Waals surface area contributed by atoms with E-state index in [9.17, 15) is 14.9 Å². The lowest BCUT2D eigenvalue weighted by Gasteiger charge is -2.08. The number of aryl methyl sites for hydroxylation is 1. The number of anilines is 1. The van der Waals surface area contributed by atoms with Crippen LogP contribution in [0.4, 0.5) is 11.4 Å². The average molecular weight is 300 g/mol. The SMILES string of the molecule is CCc1ccc(OCC(=O)Nc2cccc([N+](=O)[O-])c2)cc1. The molecule has 114 valence electrons. The number of nitrogens with one attached hydrogen (secondary N) is 1. The van der Waals surface area contributed by atoms with Gasteiger partial charge in [0.05, 0.1) is 4.92 Å². The van der Waals surface area contributed by atoms with Crippen molar-refractivity contribution in [3.05, 3.63) is 64.2 Å². The van der Waals surface area contributed by atoms with Crippen LogP contribution in [0.3, 0.4) is 0 Å². The van der Waals surface area contributed by atoms with Crippen molar-refractivity contribution in [2.24, 2.45) is 0 Å². The van der Waals surface area contributed by atoms with Crippen molar-refractivity contribution >= 4 is 17.3 Å². The fraction of sp³-hybridized carbons (Fsp3) is 0.188. The summed E-state index contributed by atoms with van der Waals surface area (Å²) in [5.41, 5.74) is 1.48. The molecule has 2 aromatic rings. The predicted molar refractivity (Wildman–Crippen MR) is 83.0 cm³/mol. The van der Waals surface area contributed by atoms with E-state index in [0.717, 1.165) is 6.42 Å². The van der Waals surface area contributed by atoms with Crippen molar-refractivity contribution in [3.8, 4) is 5.75 Å². The Hall–Kier alpha value is -2.89. The average Bonchev–Trinajstić information content (AvgIpc) is 2.53. The summed E-state index contributed by atoms with van der Waals surface area (Å²) in [6, 6.07) is 13.2. The van der Waals surface area contributed by atoms with Gasteiger partial charge in [-0.2, -0.15) is 0 Å². The van der Waals surface area contributed by atoms with E-state index in [-0.39, 0.29) is 18.2 Å². The molecule has 6 nitrogen and oxygen atoms in total. The molecule has 0 radical (unpaired) electrons. The maximum atomic E-state index is 11.8. The first-order valence-corrected chi connectivity index (χ1v) is 6.84. The molecule has 0 aliphatic rings. The van der Waals surface area contributed by atoms with Gasteiger partial charge in [-0.05, 0) is 30.2 Å². The van der Waals surface area contributed by atoms with Crippen molar-refractivity contribution < 1.29 is 14.5 Å². The maximum Gasteiger partial charge on any atom is 0.271 e. The maximum absolute atomic E-state index is 11.8. The van der Waals surface area contributed by atoms with Gasteiger partial charge in [0, 0.05) is 17.8 Å². The van der Waals surface area contributed by atoms with Crippen LogP contribution in [0.2, 0.25) is 0 Å². The van der Waals surface area contributed by atoms with Gasteiger partial charge in [0.15, 0.2) is 6.61 Å². The summed E-state index contributed by atoms with van der Waals surface area (Å²) in [7, 11) is 0. The van der Waals surface area contributed by atoms with E-state index in [1.165, 1.54) is 23.8 Å². The molecule has 0 aromatic heterocycles. The van der Waals surface area contributed by atoms with Gasteiger partial charge < -0.3 is 10.1 Å². The molecular weight excluding hydrogens is 284 g/mol. The van der Waals surface area contributed by atoms with Crippen LogP contribution < -0.4 is 10.1 Å². The molecule has 6 heteroatoms. The highest BCUT2D eigenvalue weighted by Gasteiger charge is 2.08. The quantitative estimate of drug-likeness (QED) is 0.656. The molecule has 0 fully saturated rings. The number of ether oxygens (including phenoxy) is 1. The van der Waals surface area contributed by atoms with Gasteiger partial charge in [0.2, 0.25) is 0 Å². The second-order valence-electron chi connectivity index (χ2n) is 4.64. The number of nitrogens with zero attached hydrogens (tertiary/aromatic N) is 1. The molecule has 0 bridgehead atoms. The van der Waals surface area contributed by atoms with Crippen LogP contribution in [0.25, 0.3) is 0 Å². The molecular formula is C16H16N2O4. The summed E-state index contributed by atoms with van der Waals surface area (Å²) < 4.78 is 5.37. The van der Waals surface area contributed by atoms with Gasteiger partial charge >= 0.3 is 0 Å². The molecule has 2 aromatic carbocycles. The normalized spacial score (nSPS) is 10.0. The summed E-state index contributed by atoms with van der Waals surface area (Å²) in [6.07, 6.45) is 0.938. The molecule has 0 aliphatic heterocycles. The lowest BCUT2D eigenvalue weighted by Crippen LogP contribution is -2.20. The third-order valence-electron chi connectivity index (χ3n) is 3.04. The van der Waals surface area contributed by atoms with E-state index in [2.05, 4.69) is 12.2 Å². The molecule has 0 heterocycles. The number of carbonyl (C=O) groups is 1. The molecule has 0 spiro atoms. The molecule has 0 atom stereocenters. The van der Waals surface area contributed by atoms with Crippen molar-refractivity contribution in [2.75, 3.05) is 11.9 Å². The number of carbonyl (C=O) groups excluding carboxylic acids is 1. The summed E-state index contributed by atoms with van der Waals surface area (Å²) in [4.78, 5) is 21.9. The Bertz CT molecular complexity index is 668. The fourth-order valence-corrected chi connectivity index (χ4v) is 1.86. The van der Waals surface area contributed by atoms with Crippen molar-refractivity contribution in [1.82, 2.24) is 0 Å². The minimum Gasteiger partial charge on any atom is -0.484 e. The zero-order chi connectivity index (χ0) is 15.9. The smallest absolute Gasteiger partial charge is 0.271 e. The molecule has 2 rings (SSSR count). The largest absolute Gasteiger partial charge is 0.484 e. The number of non-ortho nitro benzene ring substituents is 1. The van der Waals surface area contributed by atoms with E-state index >= 15 is 0 Å². The van der Waals surface area contributed by atoms with E-state index in [1.807, 2.05) is 12.1 Å². The highest BCUT2D eigenvalue weighted by Crippen LogP contribution is 2.17. The molecule has 0 unspecified atom stereocenters. The Balaban J connectivity index is 1.89. The first-order chi connectivity index (χ1) is 10.6. The monoisotopic (exact) mass is 300 g/mol. The predicted octanol–water partition coefficient (Wildman–Crippen LogP) is 3.17. The zero-order valence-corrected chi connectivity index (χ0v) is 12.1. The number of benzene rings is 2. The first-order valence-electron chi connectivity index (χ1n) is 6.84. The van der Waals surface area contributed by atoms with Crippen LogP contribution in [-0.2, 0) is 11.2 Å². The van der Waals surface area contributed by atoms with Crippen molar-refractivity contribution in [2.45, 2.75) is 13.3 Å². The van der Waals surface area contributed by atoms with Crippen LogP contribution in [0.15, 0.2) is 48.5 Å². The molecule has 1 amide bonds. The van der Waals surface area contributed by atoms with Crippen LogP contribution >= 0.6 is 0 Å². The van der Waals surface area contributed by atoms with E-state index in [1.54, 1.807) is 18.2 Å². The topological polar surface area (TPSA) is 81.5 Å². The summed E-state index contributed by atoms with van der Waals surface area (Å²) in [5, 5.41) is 13.2. The van der Waals surface area contributed by atoms with Gasteiger partial charge in [-0.1, -0.05) is 25.1 Å². The Labute approximate surface area is 127 Å². The number of hydrogen-bond donors (Lipinski definition) is 1. The van der Waals surface area contributed by atoms with Gasteiger partial charge in [0.1, 0.15) is 5.75 Å². The molecule has 0 saturated carbocycles. The number of rotatable bonds is 6. The number of amides is 1. The minimum atomic E-state index is -0.512. The van der Waals surface area contributed by atoms with Crippen molar-refractivity contribution in [1.29, 1.82) is 0 Å². The van der Waals surface area contributed by atoms with Gasteiger partial charge in [-0.15, -0.1) is 0 Å². The molecule has 0 saturated heterocycles. The lowest BCUT2D eigenvalue weighted by atomic mass is 10.2. The highest BCUT2D eigenvalue weighted by atomic mass is 16.6. The van der Waals surface area contributed by atoms with Gasteiger partial charge in [-0.3, -0.25) is 14.9 Å². The van der Waals surface area contributed by atoms with Crippen LogP contribution in [0, 0.1) is 10.1 Å². The second-order valence-corrected chi connectivity index (χ2v) is 4.64. The summed E-state index contributed by atoms with van der Waals surface area (Å²) in [5.74, 6) is 0.228. The standard InChI is InChI=1S/C16H16N2O4/c1-2-12-6-8-15(9-7-12)22-11-16(19)17-13-4-3-5-14(10-13)18(20)21/h3-10H,2,11H2,1H3,(H,17,19). The van der Waals surface area contributed by atoms with E-state index < -0.39 is 4.92 Å². The van der Waals surface area contributed by atoms with E-state index in [0.29, 0.717) is 11.4 Å². The Morgan fingerprint density at radius 2 is 1.95 bits per heavy atom. The lowest BCUT2D eigenvalue weighted by molar-refractivity contribution is -0.384. The summed E-state index contributed by atoms with van der Waals surface area (Å²) >= 11 is 0. The molecule has 1 N–H and O–H groups in total. The summed E-state index contributed by atoms with van der Waals surface area (Å²) in [6.45, 7) is 1.90. The third-order valence-corrected chi connectivity index (χ3v) is 3.04. The first kappa shape index (κ1) is 15.5. The minimum absolute atomic E-state index is 0.0751. The van der Waals surface area contributed by atoms with Crippen molar-refractivity contribution in [3.63, 3.8) is 0 Å².